The van der Waals surface area contributed by atoms with E-state index in [4.69, 9.17) is 16.7 Å². The summed E-state index contributed by atoms with van der Waals surface area (Å²) in [5.74, 6) is -0.395. The standard InChI is InChI=1S/C12H11ClF6O4/c13-8-3-6(23-10(16)17)1-2-7(8)11(21,4-20)5-22-12(18,19)9(14)15/h1-3,9-10,20-21H,4-5H2. The van der Waals surface area contributed by atoms with E-state index >= 15 is 0 Å². The van der Waals surface area contributed by atoms with Crippen LogP contribution in [0.4, 0.5) is 26.3 Å². The third-order valence-electron chi connectivity index (χ3n) is 2.69. The molecule has 0 aromatic heterocycles. The zero-order chi connectivity index (χ0) is 17.8. The molecule has 0 fully saturated rings. The predicted molar refractivity (Wildman–Crippen MR) is 66.0 cm³/mol. The molecular formula is C12H11ClF6O4. The van der Waals surface area contributed by atoms with Crippen LogP contribution < -0.4 is 4.74 Å². The van der Waals surface area contributed by atoms with Gasteiger partial charge in [-0.25, -0.2) is 8.78 Å². The van der Waals surface area contributed by atoms with Crippen LogP contribution >= 0.6 is 11.6 Å². The molecule has 1 unspecified atom stereocenters. The Kier molecular flexibility index (Phi) is 6.51. The van der Waals surface area contributed by atoms with Gasteiger partial charge in [-0.15, -0.1) is 0 Å². The van der Waals surface area contributed by atoms with E-state index in [9.17, 15) is 31.4 Å². The fourth-order valence-corrected chi connectivity index (χ4v) is 1.88. The molecule has 0 saturated carbocycles. The lowest BCUT2D eigenvalue weighted by molar-refractivity contribution is -0.316. The fraction of sp³-hybridized carbons (Fsp3) is 0.500. The van der Waals surface area contributed by atoms with Gasteiger partial charge in [0.15, 0.2) is 0 Å². The number of aliphatic hydroxyl groups excluding tert-OH is 1. The first kappa shape index (κ1) is 19.8. The number of alkyl halides is 6. The molecule has 0 amide bonds. The summed E-state index contributed by atoms with van der Waals surface area (Å²) in [4.78, 5) is 0. The maximum atomic E-state index is 12.7. The minimum Gasteiger partial charge on any atom is -0.435 e. The van der Waals surface area contributed by atoms with Crippen molar-refractivity contribution in [3.05, 3.63) is 28.8 Å². The molecule has 0 aliphatic carbocycles. The molecule has 2 N–H and O–H groups in total. The van der Waals surface area contributed by atoms with Gasteiger partial charge in [0.25, 0.3) is 0 Å². The number of hydrogen-bond acceptors (Lipinski definition) is 4. The highest BCUT2D eigenvalue weighted by atomic mass is 35.5. The van der Waals surface area contributed by atoms with Crippen LogP contribution in [0.15, 0.2) is 18.2 Å². The Morgan fingerprint density at radius 2 is 1.78 bits per heavy atom. The molecule has 0 heterocycles. The molecule has 1 rings (SSSR count). The van der Waals surface area contributed by atoms with Crippen LogP contribution in [0, 0.1) is 0 Å². The van der Waals surface area contributed by atoms with Gasteiger partial charge in [-0.05, 0) is 12.1 Å². The molecule has 4 nitrogen and oxygen atoms in total. The Bertz CT molecular complexity index is 530. The maximum absolute atomic E-state index is 12.7. The van der Waals surface area contributed by atoms with E-state index in [0.29, 0.717) is 0 Å². The summed E-state index contributed by atoms with van der Waals surface area (Å²) >= 11 is 5.70. The van der Waals surface area contributed by atoms with Crippen LogP contribution in [-0.4, -0.2) is 42.6 Å². The lowest BCUT2D eigenvalue weighted by atomic mass is 9.95. The Hall–Kier alpha value is -1.23. The molecule has 0 spiro atoms. The van der Waals surface area contributed by atoms with Gasteiger partial charge in [0.05, 0.1) is 18.2 Å². The first-order valence-electron chi connectivity index (χ1n) is 5.90. The number of aliphatic hydroxyl groups is 2. The first-order valence-corrected chi connectivity index (χ1v) is 6.27. The summed E-state index contributed by atoms with van der Waals surface area (Å²) in [6.07, 6.45) is -9.00. The first-order chi connectivity index (χ1) is 10.5. The molecule has 0 bridgehead atoms. The Balaban J connectivity index is 2.99. The highest BCUT2D eigenvalue weighted by Gasteiger charge is 2.45. The number of hydrogen-bond donors (Lipinski definition) is 2. The smallest absolute Gasteiger partial charge is 0.416 e. The van der Waals surface area contributed by atoms with Crippen LogP contribution in [0.2, 0.25) is 5.02 Å². The van der Waals surface area contributed by atoms with E-state index < -0.39 is 54.3 Å². The zero-order valence-electron chi connectivity index (χ0n) is 11.2. The van der Waals surface area contributed by atoms with E-state index in [1.54, 1.807) is 0 Å². The minimum atomic E-state index is -4.85. The van der Waals surface area contributed by atoms with Crippen molar-refractivity contribution in [3.8, 4) is 5.75 Å². The lowest BCUT2D eigenvalue weighted by Crippen LogP contribution is -2.41. The molecule has 1 aromatic rings. The highest BCUT2D eigenvalue weighted by Crippen LogP contribution is 2.34. The van der Waals surface area contributed by atoms with Gasteiger partial charge in [0, 0.05) is 5.56 Å². The lowest BCUT2D eigenvalue weighted by Gasteiger charge is -2.29. The van der Waals surface area contributed by atoms with Gasteiger partial charge in [-0.1, -0.05) is 17.7 Å². The average molecular weight is 369 g/mol. The summed E-state index contributed by atoms with van der Waals surface area (Å²) in [5, 5.41) is 18.8. The monoisotopic (exact) mass is 368 g/mol. The summed E-state index contributed by atoms with van der Waals surface area (Å²) in [6.45, 7) is -5.78. The van der Waals surface area contributed by atoms with Gasteiger partial charge >= 0.3 is 19.1 Å². The highest BCUT2D eigenvalue weighted by molar-refractivity contribution is 6.31. The van der Waals surface area contributed by atoms with Crippen LogP contribution in [-0.2, 0) is 10.3 Å². The summed E-state index contributed by atoms with van der Waals surface area (Å²) < 4.78 is 81.3. The van der Waals surface area contributed by atoms with E-state index in [1.807, 2.05) is 0 Å². The summed E-state index contributed by atoms with van der Waals surface area (Å²) in [6, 6.07) is 2.65. The van der Waals surface area contributed by atoms with Crippen molar-refractivity contribution in [2.45, 2.75) is 24.7 Å². The van der Waals surface area contributed by atoms with Crippen LogP contribution in [0.5, 0.6) is 5.75 Å². The van der Waals surface area contributed by atoms with E-state index in [0.717, 1.165) is 18.2 Å². The zero-order valence-corrected chi connectivity index (χ0v) is 11.9. The van der Waals surface area contributed by atoms with Gasteiger partial charge < -0.3 is 19.7 Å². The molecule has 23 heavy (non-hydrogen) atoms. The second kappa shape index (κ2) is 7.56. The van der Waals surface area contributed by atoms with Crippen molar-refractivity contribution in [2.24, 2.45) is 0 Å². The van der Waals surface area contributed by atoms with E-state index in [2.05, 4.69) is 9.47 Å². The molecule has 132 valence electrons. The Morgan fingerprint density at radius 1 is 1.17 bits per heavy atom. The second-order valence-corrected chi connectivity index (χ2v) is 4.77. The largest absolute Gasteiger partial charge is 0.435 e. The van der Waals surface area contributed by atoms with Crippen molar-refractivity contribution in [1.29, 1.82) is 0 Å². The third kappa shape index (κ3) is 5.13. The SMILES string of the molecule is OCC(O)(COC(F)(F)C(F)F)c1ccc(OC(F)F)cc1Cl. The van der Waals surface area contributed by atoms with Gasteiger partial charge in [-0.3, -0.25) is 0 Å². The molecule has 1 aromatic carbocycles. The average Bonchev–Trinajstić information content (AvgIpc) is 2.44. The normalized spacial score (nSPS) is 15.1. The topological polar surface area (TPSA) is 58.9 Å². The number of ether oxygens (including phenoxy) is 2. The molecule has 0 aliphatic rings. The van der Waals surface area contributed by atoms with Crippen molar-refractivity contribution in [1.82, 2.24) is 0 Å². The molecule has 1 atom stereocenters. The quantitative estimate of drug-likeness (QED) is 0.693. The third-order valence-corrected chi connectivity index (χ3v) is 3.00. The van der Waals surface area contributed by atoms with Crippen molar-refractivity contribution < 1.29 is 46.0 Å². The van der Waals surface area contributed by atoms with Gasteiger partial charge in [0.2, 0.25) is 0 Å². The molecule has 11 heteroatoms. The van der Waals surface area contributed by atoms with Crippen LogP contribution in [0.1, 0.15) is 5.56 Å². The Morgan fingerprint density at radius 3 is 2.22 bits per heavy atom. The molecule has 0 radical (unpaired) electrons. The maximum Gasteiger partial charge on any atom is 0.416 e. The number of benzene rings is 1. The fourth-order valence-electron chi connectivity index (χ4n) is 1.54. The van der Waals surface area contributed by atoms with E-state index in [-0.39, 0.29) is 0 Å². The summed E-state index contributed by atoms with van der Waals surface area (Å²) in [7, 11) is 0. The van der Waals surface area contributed by atoms with Gasteiger partial charge in [0.1, 0.15) is 11.4 Å². The van der Waals surface area contributed by atoms with Crippen molar-refractivity contribution in [2.75, 3.05) is 13.2 Å². The molecule has 0 aliphatic heterocycles. The summed E-state index contributed by atoms with van der Waals surface area (Å²) in [5.41, 5.74) is -2.95. The van der Waals surface area contributed by atoms with E-state index in [1.165, 1.54) is 0 Å². The van der Waals surface area contributed by atoms with Crippen LogP contribution in [0.3, 0.4) is 0 Å². The predicted octanol–water partition coefficient (Wildman–Crippen LogP) is 3.00. The molecular weight excluding hydrogens is 358 g/mol. The van der Waals surface area contributed by atoms with Crippen molar-refractivity contribution in [3.63, 3.8) is 0 Å². The van der Waals surface area contributed by atoms with Gasteiger partial charge in [-0.2, -0.15) is 17.6 Å². The number of rotatable bonds is 8. The minimum absolute atomic E-state index is 0.395. The van der Waals surface area contributed by atoms with Crippen molar-refractivity contribution >= 4 is 11.6 Å². The molecule has 0 saturated heterocycles. The second-order valence-electron chi connectivity index (χ2n) is 4.36. The van der Waals surface area contributed by atoms with Crippen LogP contribution in [0.25, 0.3) is 0 Å². The number of halogens is 7. The Labute approximate surface area is 131 Å².